The van der Waals surface area contributed by atoms with Crippen LogP contribution in [0.3, 0.4) is 0 Å². The van der Waals surface area contributed by atoms with E-state index in [1.54, 1.807) is 0 Å². The zero-order valence-corrected chi connectivity index (χ0v) is 14.1. The molecule has 134 valence electrons. The molecule has 10 nitrogen and oxygen atoms in total. The van der Waals surface area contributed by atoms with Gasteiger partial charge in [0.25, 0.3) is 0 Å². The standard InChI is InChI=1S/C16H17N7O3/c1-2-26-9-12-20-13-14(23(12)8-7-18-16(24)25)10-5-3-4-6-11(10)19-15(13)21-22-17/h3-6,18H,2,7-9H2,1H3,(H,24,25). The summed E-state index contributed by atoms with van der Waals surface area (Å²) in [6.45, 7) is 3.20. The first-order valence-electron chi connectivity index (χ1n) is 8.03. The molecule has 0 unspecified atom stereocenters. The van der Waals surface area contributed by atoms with E-state index in [0.29, 0.717) is 30.0 Å². The molecule has 0 bridgehead atoms. The van der Waals surface area contributed by atoms with E-state index < -0.39 is 6.09 Å². The van der Waals surface area contributed by atoms with Crippen LogP contribution in [0.5, 0.6) is 0 Å². The molecule has 0 aliphatic rings. The maximum absolute atomic E-state index is 10.8. The Kier molecular flexibility index (Phi) is 5.16. The Morgan fingerprint density at radius 1 is 1.42 bits per heavy atom. The second-order valence-corrected chi connectivity index (χ2v) is 5.39. The number of hydrogen-bond donors (Lipinski definition) is 2. The first kappa shape index (κ1) is 17.5. The summed E-state index contributed by atoms with van der Waals surface area (Å²) in [6, 6.07) is 7.44. The van der Waals surface area contributed by atoms with Crippen LogP contribution in [0.2, 0.25) is 0 Å². The van der Waals surface area contributed by atoms with E-state index in [9.17, 15) is 4.79 Å². The predicted molar refractivity (Wildman–Crippen MR) is 95.2 cm³/mol. The van der Waals surface area contributed by atoms with Crippen molar-refractivity contribution in [2.24, 2.45) is 5.11 Å². The van der Waals surface area contributed by atoms with Crippen molar-refractivity contribution in [2.45, 2.75) is 20.1 Å². The van der Waals surface area contributed by atoms with Gasteiger partial charge < -0.3 is 19.7 Å². The smallest absolute Gasteiger partial charge is 0.404 e. The number of aromatic nitrogens is 3. The van der Waals surface area contributed by atoms with E-state index >= 15 is 0 Å². The third-order valence-electron chi connectivity index (χ3n) is 3.83. The van der Waals surface area contributed by atoms with Crippen molar-refractivity contribution in [1.29, 1.82) is 0 Å². The van der Waals surface area contributed by atoms with E-state index in [2.05, 4.69) is 25.3 Å². The number of carboxylic acid groups (broad SMARTS) is 1. The molecule has 0 saturated heterocycles. The van der Waals surface area contributed by atoms with Crippen LogP contribution in [0.1, 0.15) is 12.7 Å². The highest BCUT2D eigenvalue weighted by molar-refractivity contribution is 6.06. The molecule has 2 N–H and O–H groups in total. The van der Waals surface area contributed by atoms with Crippen molar-refractivity contribution in [2.75, 3.05) is 13.2 Å². The molecule has 0 radical (unpaired) electrons. The summed E-state index contributed by atoms with van der Waals surface area (Å²) in [5, 5.41) is 15.7. The number of para-hydroxylation sites is 1. The van der Waals surface area contributed by atoms with Crippen molar-refractivity contribution in [3.8, 4) is 0 Å². The second-order valence-electron chi connectivity index (χ2n) is 5.39. The zero-order chi connectivity index (χ0) is 18.5. The molecule has 1 amide bonds. The van der Waals surface area contributed by atoms with E-state index in [1.807, 2.05) is 35.8 Å². The normalized spacial score (nSPS) is 10.8. The predicted octanol–water partition coefficient (Wildman–Crippen LogP) is 3.33. The van der Waals surface area contributed by atoms with E-state index in [1.165, 1.54) is 0 Å². The van der Waals surface area contributed by atoms with Crippen LogP contribution in [-0.4, -0.2) is 38.9 Å². The molecule has 0 saturated carbocycles. The SMILES string of the molecule is CCOCc1nc2c(N=[N+]=[N-])nc3ccccc3c2n1CCNC(=O)O. The number of pyridine rings is 1. The number of carbonyl (C=O) groups is 1. The van der Waals surface area contributed by atoms with Gasteiger partial charge in [-0.2, -0.15) is 0 Å². The molecule has 10 heteroatoms. The maximum atomic E-state index is 10.8. The molecular formula is C16H17N7O3. The quantitative estimate of drug-likeness (QED) is 0.380. The van der Waals surface area contributed by atoms with E-state index in [4.69, 9.17) is 15.4 Å². The third kappa shape index (κ3) is 3.37. The molecule has 3 aromatic rings. The lowest BCUT2D eigenvalue weighted by molar-refractivity contribution is 0.126. The number of nitrogens with one attached hydrogen (secondary N) is 1. The second kappa shape index (κ2) is 7.68. The van der Waals surface area contributed by atoms with Gasteiger partial charge in [-0.15, -0.1) is 0 Å². The minimum atomic E-state index is -1.10. The van der Waals surface area contributed by atoms with Crippen molar-refractivity contribution >= 4 is 33.8 Å². The number of rotatable bonds is 7. The van der Waals surface area contributed by atoms with Crippen LogP contribution in [0.15, 0.2) is 29.4 Å². The first-order valence-corrected chi connectivity index (χ1v) is 8.03. The van der Waals surface area contributed by atoms with Gasteiger partial charge in [-0.05, 0) is 23.6 Å². The molecule has 0 atom stereocenters. The van der Waals surface area contributed by atoms with Gasteiger partial charge >= 0.3 is 6.09 Å². The van der Waals surface area contributed by atoms with Gasteiger partial charge in [0.15, 0.2) is 5.82 Å². The summed E-state index contributed by atoms with van der Waals surface area (Å²) in [6.07, 6.45) is -1.10. The number of azide groups is 1. The Balaban J connectivity index is 2.24. The van der Waals surface area contributed by atoms with Crippen LogP contribution >= 0.6 is 0 Å². The van der Waals surface area contributed by atoms with Gasteiger partial charge in [0.2, 0.25) is 0 Å². The summed E-state index contributed by atoms with van der Waals surface area (Å²) in [7, 11) is 0. The summed E-state index contributed by atoms with van der Waals surface area (Å²) in [4.78, 5) is 22.6. The van der Waals surface area contributed by atoms with Gasteiger partial charge in [-0.1, -0.05) is 18.2 Å². The van der Waals surface area contributed by atoms with Gasteiger partial charge in [-0.25, -0.2) is 14.8 Å². The molecule has 26 heavy (non-hydrogen) atoms. The first-order chi connectivity index (χ1) is 12.7. The summed E-state index contributed by atoms with van der Waals surface area (Å²) >= 11 is 0. The lowest BCUT2D eigenvalue weighted by Gasteiger charge is -2.11. The number of nitrogens with zero attached hydrogens (tertiary/aromatic N) is 6. The van der Waals surface area contributed by atoms with Crippen molar-refractivity contribution < 1.29 is 14.6 Å². The summed E-state index contributed by atoms with van der Waals surface area (Å²) in [5.41, 5.74) is 10.7. The molecular weight excluding hydrogens is 338 g/mol. The van der Waals surface area contributed by atoms with Crippen LogP contribution in [-0.2, 0) is 17.9 Å². The molecule has 0 aliphatic carbocycles. The minimum absolute atomic E-state index is 0.184. The highest BCUT2D eigenvalue weighted by Crippen LogP contribution is 2.31. The minimum Gasteiger partial charge on any atom is -0.465 e. The Hall–Kier alpha value is -3.36. The molecule has 0 aliphatic heterocycles. The third-order valence-corrected chi connectivity index (χ3v) is 3.83. The Morgan fingerprint density at radius 3 is 2.96 bits per heavy atom. The largest absolute Gasteiger partial charge is 0.465 e. The Morgan fingerprint density at radius 2 is 2.23 bits per heavy atom. The molecule has 0 spiro atoms. The van der Waals surface area contributed by atoms with E-state index in [0.717, 1.165) is 10.9 Å². The zero-order valence-electron chi connectivity index (χ0n) is 14.1. The Labute approximate surface area is 148 Å². The lowest BCUT2D eigenvalue weighted by atomic mass is 10.2. The van der Waals surface area contributed by atoms with Crippen LogP contribution in [0, 0.1) is 0 Å². The summed E-state index contributed by atoms with van der Waals surface area (Å²) in [5.74, 6) is 0.797. The van der Waals surface area contributed by atoms with Gasteiger partial charge in [0, 0.05) is 30.0 Å². The number of benzene rings is 1. The molecule has 2 aromatic heterocycles. The fraction of sp³-hybridized carbons (Fsp3) is 0.312. The number of fused-ring (bicyclic) bond motifs is 3. The van der Waals surface area contributed by atoms with E-state index in [-0.39, 0.29) is 19.0 Å². The van der Waals surface area contributed by atoms with Crippen LogP contribution < -0.4 is 5.32 Å². The molecule has 0 fully saturated rings. The maximum Gasteiger partial charge on any atom is 0.404 e. The van der Waals surface area contributed by atoms with Crippen LogP contribution in [0.4, 0.5) is 10.6 Å². The molecule has 2 heterocycles. The van der Waals surface area contributed by atoms with Gasteiger partial charge in [-0.3, -0.25) is 0 Å². The number of amides is 1. The fourth-order valence-corrected chi connectivity index (χ4v) is 2.80. The fourth-order valence-electron chi connectivity index (χ4n) is 2.80. The van der Waals surface area contributed by atoms with Crippen LogP contribution in [0.25, 0.3) is 32.4 Å². The molecule has 1 aromatic carbocycles. The monoisotopic (exact) mass is 355 g/mol. The topological polar surface area (TPSA) is 138 Å². The number of imidazole rings is 1. The highest BCUT2D eigenvalue weighted by atomic mass is 16.5. The lowest BCUT2D eigenvalue weighted by Crippen LogP contribution is -2.25. The molecule has 3 rings (SSSR count). The average Bonchev–Trinajstić information content (AvgIpc) is 2.99. The highest BCUT2D eigenvalue weighted by Gasteiger charge is 2.18. The van der Waals surface area contributed by atoms with Crippen molar-refractivity contribution in [3.63, 3.8) is 0 Å². The van der Waals surface area contributed by atoms with Gasteiger partial charge in [0.1, 0.15) is 17.9 Å². The Bertz CT molecular complexity index is 1010. The number of ether oxygens (including phenoxy) is 1. The number of hydrogen-bond acceptors (Lipinski definition) is 5. The van der Waals surface area contributed by atoms with Gasteiger partial charge in [0.05, 0.1) is 11.0 Å². The van der Waals surface area contributed by atoms with Crippen molar-refractivity contribution in [1.82, 2.24) is 19.9 Å². The van der Waals surface area contributed by atoms with Crippen molar-refractivity contribution in [3.05, 3.63) is 40.5 Å². The average molecular weight is 355 g/mol. The summed E-state index contributed by atoms with van der Waals surface area (Å²) < 4.78 is 7.36.